The normalized spacial score (nSPS) is 11.2. The van der Waals surface area contributed by atoms with Crippen molar-refractivity contribution in [2.24, 2.45) is 5.73 Å². The van der Waals surface area contributed by atoms with Gasteiger partial charge >= 0.3 is 9.28 Å². The second-order valence-corrected chi connectivity index (χ2v) is 5.23. The first kappa shape index (κ1) is 15.0. The molecule has 15 heavy (non-hydrogen) atoms. The number of hydrogen-bond donors (Lipinski definition) is 3. The summed E-state index contributed by atoms with van der Waals surface area (Å²) in [5.74, 6) is 0. The van der Waals surface area contributed by atoms with Gasteiger partial charge in [-0.05, 0) is 19.0 Å². The van der Waals surface area contributed by atoms with Crippen LogP contribution in [-0.4, -0.2) is 56.2 Å². The third kappa shape index (κ3) is 10.3. The summed E-state index contributed by atoms with van der Waals surface area (Å²) in [6.45, 7) is 4.58. The molecule has 1 radical (unpaired) electrons. The zero-order valence-corrected chi connectivity index (χ0v) is 10.8. The van der Waals surface area contributed by atoms with Crippen molar-refractivity contribution < 1.29 is 8.85 Å². The molecule has 6 heteroatoms. The number of nitrogens with one attached hydrogen (secondary N) is 2. The molecule has 0 unspecified atom stereocenters. The molecule has 5 nitrogen and oxygen atoms in total. The van der Waals surface area contributed by atoms with Crippen LogP contribution < -0.4 is 16.4 Å². The van der Waals surface area contributed by atoms with E-state index in [1.807, 2.05) is 0 Å². The van der Waals surface area contributed by atoms with Crippen LogP contribution in [0.5, 0.6) is 0 Å². The van der Waals surface area contributed by atoms with Gasteiger partial charge in [0.25, 0.3) is 0 Å². The van der Waals surface area contributed by atoms with Crippen molar-refractivity contribution in [3.8, 4) is 0 Å². The van der Waals surface area contributed by atoms with Crippen LogP contribution in [-0.2, 0) is 8.85 Å². The monoisotopic (exact) mass is 234 g/mol. The molecule has 0 bridgehead atoms. The van der Waals surface area contributed by atoms with E-state index in [1.165, 1.54) is 0 Å². The quantitative estimate of drug-likeness (QED) is 0.326. The lowest BCUT2D eigenvalue weighted by atomic mass is 10.4. The molecule has 0 aliphatic heterocycles. The molecule has 0 aliphatic rings. The Morgan fingerprint density at radius 1 is 1.00 bits per heavy atom. The Hall–Kier alpha value is 0.0169. The minimum absolute atomic E-state index is 0.702. The zero-order valence-electron chi connectivity index (χ0n) is 9.84. The van der Waals surface area contributed by atoms with Crippen LogP contribution in [0.25, 0.3) is 0 Å². The van der Waals surface area contributed by atoms with Gasteiger partial charge in [-0.1, -0.05) is 0 Å². The summed E-state index contributed by atoms with van der Waals surface area (Å²) in [5, 5.41) is 6.58. The van der Waals surface area contributed by atoms with Crippen LogP contribution >= 0.6 is 0 Å². The lowest BCUT2D eigenvalue weighted by Crippen LogP contribution is -2.31. The van der Waals surface area contributed by atoms with Crippen molar-refractivity contribution in [1.82, 2.24) is 10.6 Å². The summed E-state index contributed by atoms with van der Waals surface area (Å²) in [7, 11) is 2.42. The predicted octanol–water partition coefficient (Wildman–Crippen LogP) is -0.705. The third-order valence-corrected chi connectivity index (χ3v) is 3.66. The molecule has 0 aromatic carbocycles. The Morgan fingerprint density at radius 2 is 1.60 bits per heavy atom. The van der Waals surface area contributed by atoms with Gasteiger partial charge in [0, 0.05) is 40.4 Å². The summed E-state index contributed by atoms with van der Waals surface area (Å²) in [5.41, 5.74) is 5.35. The van der Waals surface area contributed by atoms with E-state index in [1.54, 1.807) is 14.2 Å². The fourth-order valence-corrected chi connectivity index (χ4v) is 2.21. The molecule has 0 rings (SSSR count). The summed E-state index contributed by atoms with van der Waals surface area (Å²) in [6, 6.07) is 1.03. The highest BCUT2D eigenvalue weighted by atomic mass is 28.3. The highest BCUT2D eigenvalue weighted by Crippen LogP contribution is 1.97. The maximum absolute atomic E-state index is 5.35. The molecule has 0 aromatic rings. The second-order valence-electron chi connectivity index (χ2n) is 3.17. The van der Waals surface area contributed by atoms with Gasteiger partial charge in [-0.3, -0.25) is 0 Å². The lowest BCUT2D eigenvalue weighted by Gasteiger charge is -2.09. The van der Waals surface area contributed by atoms with Gasteiger partial charge < -0.3 is 25.2 Å². The van der Waals surface area contributed by atoms with Crippen LogP contribution in [0, 0.1) is 0 Å². The van der Waals surface area contributed by atoms with Crippen molar-refractivity contribution in [3.05, 3.63) is 0 Å². The van der Waals surface area contributed by atoms with Crippen molar-refractivity contribution >= 4 is 9.28 Å². The zero-order chi connectivity index (χ0) is 11.4. The molecule has 0 saturated heterocycles. The Morgan fingerprint density at radius 3 is 2.13 bits per heavy atom. The van der Waals surface area contributed by atoms with E-state index < -0.39 is 9.28 Å². The predicted molar refractivity (Wildman–Crippen MR) is 64.0 cm³/mol. The highest BCUT2D eigenvalue weighted by molar-refractivity contribution is 6.44. The fraction of sp³-hybridized carbons (Fsp3) is 1.00. The Balaban J connectivity index is 3.04. The first-order valence-corrected chi connectivity index (χ1v) is 6.92. The van der Waals surface area contributed by atoms with Gasteiger partial charge in [-0.25, -0.2) is 0 Å². The molecular formula is C9H24N3O2Si. The summed E-state index contributed by atoms with van der Waals surface area (Å²) in [6.07, 6.45) is 1.10. The maximum Gasteiger partial charge on any atom is 0.384 e. The smallest absolute Gasteiger partial charge is 0.384 e. The van der Waals surface area contributed by atoms with Gasteiger partial charge in [0.2, 0.25) is 0 Å². The van der Waals surface area contributed by atoms with Crippen LogP contribution in [0.2, 0.25) is 6.04 Å². The van der Waals surface area contributed by atoms with Crippen LogP contribution in [0.4, 0.5) is 0 Å². The first-order chi connectivity index (χ1) is 7.35. The minimum atomic E-state index is -0.996. The Labute approximate surface area is 94.5 Å². The standard InChI is InChI=1S/C9H24N3O2Si/c1-13-15(14-2)9-3-5-11-7-8-12-6-4-10/h11-12H,3-10H2,1-2H3. The van der Waals surface area contributed by atoms with Crippen molar-refractivity contribution in [1.29, 1.82) is 0 Å². The summed E-state index contributed by atoms with van der Waals surface area (Å²) in [4.78, 5) is 0. The molecule has 0 atom stereocenters. The molecule has 91 valence electrons. The Bertz CT molecular complexity index is 126. The van der Waals surface area contributed by atoms with E-state index in [0.29, 0.717) is 6.54 Å². The lowest BCUT2D eigenvalue weighted by molar-refractivity contribution is 0.276. The van der Waals surface area contributed by atoms with Crippen molar-refractivity contribution in [2.75, 3.05) is 46.9 Å². The van der Waals surface area contributed by atoms with E-state index in [9.17, 15) is 0 Å². The summed E-state index contributed by atoms with van der Waals surface area (Å²) < 4.78 is 10.4. The molecule has 0 aliphatic carbocycles. The van der Waals surface area contributed by atoms with Crippen LogP contribution in [0.1, 0.15) is 6.42 Å². The number of rotatable bonds is 11. The molecule has 0 spiro atoms. The molecule has 0 saturated carbocycles. The first-order valence-electron chi connectivity index (χ1n) is 5.40. The molecule has 0 heterocycles. The average Bonchev–Trinajstić information content (AvgIpc) is 2.27. The van der Waals surface area contributed by atoms with E-state index in [-0.39, 0.29) is 0 Å². The van der Waals surface area contributed by atoms with Crippen LogP contribution in [0.15, 0.2) is 0 Å². The SMILES string of the molecule is CO[Si](CCCNCCNCCN)OC. The van der Waals surface area contributed by atoms with Gasteiger partial charge in [0.05, 0.1) is 0 Å². The number of nitrogens with two attached hydrogens (primary N) is 1. The molecule has 0 aromatic heterocycles. The van der Waals surface area contributed by atoms with E-state index in [2.05, 4.69) is 10.6 Å². The van der Waals surface area contributed by atoms with Crippen molar-refractivity contribution in [2.45, 2.75) is 12.5 Å². The molecule has 4 N–H and O–H groups in total. The molecule has 0 fully saturated rings. The van der Waals surface area contributed by atoms with E-state index in [0.717, 1.165) is 38.6 Å². The molecule has 0 amide bonds. The Kier molecular flexibility index (Phi) is 12.1. The average molecular weight is 234 g/mol. The largest absolute Gasteiger partial charge is 0.397 e. The highest BCUT2D eigenvalue weighted by Gasteiger charge is 2.10. The van der Waals surface area contributed by atoms with Gasteiger partial charge in [0.1, 0.15) is 0 Å². The maximum atomic E-state index is 5.35. The van der Waals surface area contributed by atoms with Gasteiger partial charge in [-0.15, -0.1) is 0 Å². The van der Waals surface area contributed by atoms with E-state index in [4.69, 9.17) is 14.6 Å². The van der Waals surface area contributed by atoms with Crippen LogP contribution in [0.3, 0.4) is 0 Å². The summed E-state index contributed by atoms with van der Waals surface area (Å²) >= 11 is 0. The van der Waals surface area contributed by atoms with E-state index >= 15 is 0 Å². The minimum Gasteiger partial charge on any atom is -0.397 e. The number of hydrogen-bond acceptors (Lipinski definition) is 5. The van der Waals surface area contributed by atoms with Crippen molar-refractivity contribution in [3.63, 3.8) is 0 Å². The molecular weight excluding hydrogens is 210 g/mol. The third-order valence-electron chi connectivity index (χ3n) is 1.99. The fourth-order valence-electron chi connectivity index (χ4n) is 1.17. The topological polar surface area (TPSA) is 68.5 Å². The van der Waals surface area contributed by atoms with Gasteiger partial charge in [0.15, 0.2) is 0 Å². The van der Waals surface area contributed by atoms with Gasteiger partial charge in [-0.2, -0.15) is 0 Å². The second kappa shape index (κ2) is 12.1.